The van der Waals surface area contributed by atoms with Crippen molar-refractivity contribution in [2.24, 2.45) is 0 Å². The SMILES string of the molecule is CCC(C)(C)O.Cc1cc2cc(C#N)ccc2c(-c2ccc3c4c(ccnc24)CCO3)c1CC(=O)O. The van der Waals surface area contributed by atoms with E-state index in [4.69, 9.17) is 9.84 Å². The molecule has 0 atom stereocenters. The molecule has 0 spiro atoms. The largest absolute Gasteiger partial charge is 0.493 e. The number of aryl methyl sites for hydroxylation is 1. The summed E-state index contributed by atoms with van der Waals surface area (Å²) in [5.41, 5.74) is 5.50. The van der Waals surface area contributed by atoms with E-state index in [1.54, 1.807) is 26.1 Å². The van der Waals surface area contributed by atoms with Crippen LogP contribution in [0.4, 0.5) is 0 Å². The van der Waals surface area contributed by atoms with Crippen LogP contribution < -0.4 is 4.74 Å². The van der Waals surface area contributed by atoms with Crippen molar-refractivity contribution in [3.8, 4) is 22.9 Å². The number of benzene rings is 3. The van der Waals surface area contributed by atoms with Crippen LogP contribution in [0.1, 0.15) is 49.4 Å². The van der Waals surface area contributed by atoms with Gasteiger partial charge in [-0.1, -0.05) is 19.1 Å². The predicted molar refractivity (Wildman–Crippen MR) is 141 cm³/mol. The van der Waals surface area contributed by atoms with E-state index in [1.165, 1.54) is 5.56 Å². The van der Waals surface area contributed by atoms with Crippen LogP contribution in [0.5, 0.6) is 5.75 Å². The number of hydrogen-bond donors (Lipinski definition) is 2. The van der Waals surface area contributed by atoms with Gasteiger partial charge in [-0.3, -0.25) is 9.78 Å². The molecule has 0 fully saturated rings. The normalized spacial score (nSPS) is 12.4. The minimum absolute atomic E-state index is 0.0868. The summed E-state index contributed by atoms with van der Waals surface area (Å²) >= 11 is 0. The van der Waals surface area contributed by atoms with Gasteiger partial charge >= 0.3 is 5.97 Å². The lowest BCUT2D eigenvalue weighted by Gasteiger charge is -2.21. The van der Waals surface area contributed by atoms with E-state index in [1.807, 2.05) is 50.2 Å². The quantitative estimate of drug-likeness (QED) is 0.372. The molecule has 1 aliphatic heterocycles. The van der Waals surface area contributed by atoms with Crippen LogP contribution in [0, 0.1) is 18.3 Å². The highest BCUT2D eigenvalue weighted by molar-refractivity contribution is 6.08. The summed E-state index contributed by atoms with van der Waals surface area (Å²) in [6.45, 7) is 8.11. The standard InChI is InChI=1S/C25H18N2O3.C5H12O/c1-14-10-17-11-15(13-26)2-3-18(17)24(20(14)12-22(28)29)19-4-5-21-23-16(7-9-30-21)6-8-27-25(19)23;1-4-5(2,3)6/h2-6,8,10-11H,7,9,12H2,1H3,(H,28,29);6H,4H2,1-3H3. The maximum Gasteiger partial charge on any atom is 0.307 e. The second kappa shape index (κ2) is 9.96. The molecule has 3 aromatic carbocycles. The van der Waals surface area contributed by atoms with Crippen molar-refractivity contribution >= 4 is 27.6 Å². The first-order chi connectivity index (χ1) is 17.1. The fourth-order valence-electron chi connectivity index (χ4n) is 4.45. The number of pyridine rings is 1. The van der Waals surface area contributed by atoms with Crippen LogP contribution in [-0.4, -0.2) is 33.4 Å². The summed E-state index contributed by atoms with van der Waals surface area (Å²) in [4.78, 5) is 16.4. The third-order valence-electron chi connectivity index (χ3n) is 6.63. The summed E-state index contributed by atoms with van der Waals surface area (Å²) in [7, 11) is 0. The molecule has 0 amide bonds. The van der Waals surface area contributed by atoms with Gasteiger partial charge in [-0.15, -0.1) is 0 Å². The summed E-state index contributed by atoms with van der Waals surface area (Å²) in [6.07, 6.45) is 3.36. The van der Waals surface area contributed by atoms with Crippen molar-refractivity contribution in [3.63, 3.8) is 0 Å². The number of rotatable bonds is 4. The zero-order valence-corrected chi connectivity index (χ0v) is 21.1. The molecule has 2 N–H and O–H groups in total. The third-order valence-corrected chi connectivity index (χ3v) is 6.63. The van der Waals surface area contributed by atoms with Gasteiger partial charge in [0.25, 0.3) is 0 Å². The number of ether oxygens (including phenoxy) is 1. The molecule has 0 unspecified atom stereocenters. The second-order valence-corrected chi connectivity index (χ2v) is 9.73. The van der Waals surface area contributed by atoms with Gasteiger partial charge in [0.2, 0.25) is 0 Å². The van der Waals surface area contributed by atoms with Gasteiger partial charge in [0.15, 0.2) is 0 Å². The number of carboxylic acid groups (broad SMARTS) is 1. The number of carbonyl (C=O) groups is 1. The van der Waals surface area contributed by atoms with E-state index < -0.39 is 11.6 Å². The zero-order chi connectivity index (χ0) is 26.0. The number of aliphatic carboxylic acids is 1. The van der Waals surface area contributed by atoms with Gasteiger partial charge in [-0.25, -0.2) is 0 Å². The van der Waals surface area contributed by atoms with Gasteiger partial charge in [-0.2, -0.15) is 5.26 Å². The lowest BCUT2D eigenvalue weighted by molar-refractivity contribution is -0.136. The Hall–Kier alpha value is -3.95. The molecule has 2 heterocycles. The number of fused-ring (bicyclic) bond motifs is 1. The van der Waals surface area contributed by atoms with E-state index in [0.717, 1.165) is 62.5 Å². The summed E-state index contributed by atoms with van der Waals surface area (Å²) in [6, 6.07) is 15.6. The molecule has 0 bridgehead atoms. The Balaban J connectivity index is 0.000000455. The fraction of sp³-hybridized carbons (Fsp3) is 0.300. The van der Waals surface area contributed by atoms with Crippen LogP contribution in [-0.2, 0) is 17.6 Å². The third kappa shape index (κ3) is 5.02. The highest BCUT2D eigenvalue weighted by Gasteiger charge is 2.22. The lowest BCUT2D eigenvalue weighted by Crippen LogP contribution is -2.15. The van der Waals surface area contributed by atoms with E-state index in [-0.39, 0.29) is 6.42 Å². The predicted octanol–water partition coefficient (Wildman–Crippen LogP) is 5.96. The maximum atomic E-state index is 11.7. The molecular weight excluding hydrogens is 452 g/mol. The number of aromatic nitrogens is 1. The van der Waals surface area contributed by atoms with Crippen LogP contribution in [0.25, 0.3) is 32.8 Å². The minimum Gasteiger partial charge on any atom is -0.493 e. The van der Waals surface area contributed by atoms with E-state index in [0.29, 0.717) is 12.2 Å². The molecule has 0 radical (unpaired) electrons. The number of hydrogen-bond acceptors (Lipinski definition) is 5. The molecule has 6 nitrogen and oxygen atoms in total. The summed E-state index contributed by atoms with van der Waals surface area (Å²) in [5, 5.41) is 30.5. The van der Waals surface area contributed by atoms with Crippen molar-refractivity contribution in [1.29, 1.82) is 5.26 Å². The first-order valence-corrected chi connectivity index (χ1v) is 12.1. The molecule has 0 aliphatic carbocycles. The van der Waals surface area contributed by atoms with E-state index in [2.05, 4.69) is 11.1 Å². The van der Waals surface area contributed by atoms with Crippen molar-refractivity contribution in [3.05, 3.63) is 70.9 Å². The Morgan fingerprint density at radius 3 is 2.61 bits per heavy atom. The number of nitrogens with zero attached hydrogens (tertiary/aromatic N) is 2. The van der Waals surface area contributed by atoms with Gasteiger partial charge in [0.1, 0.15) is 5.75 Å². The smallest absolute Gasteiger partial charge is 0.307 e. The number of carboxylic acids is 1. The minimum atomic E-state index is -0.883. The van der Waals surface area contributed by atoms with Gasteiger partial charge in [-0.05, 0) is 90.6 Å². The Bertz CT molecular complexity index is 1500. The van der Waals surface area contributed by atoms with Crippen molar-refractivity contribution in [2.45, 2.75) is 52.6 Å². The van der Waals surface area contributed by atoms with E-state index in [9.17, 15) is 15.2 Å². The first kappa shape index (κ1) is 25.2. The first-order valence-electron chi connectivity index (χ1n) is 12.1. The van der Waals surface area contributed by atoms with Gasteiger partial charge < -0.3 is 14.9 Å². The van der Waals surface area contributed by atoms with Crippen LogP contribution >= 0.6 is 0 Å². The summed E-state index contributed by atoms with van der Waals surface area (Å²) in [5.74, 6) is -0.0713. The number of nitriles is 1. The van der Waals surface area contributed by atoms with Gasteiger partial charge in [0, 0.05) is 23.6 Å². The fourth-order valence-corrected chi connectivity index (χ4v) is 4.45. The average molecular weight is 483 g/mol. The molecule has 0 saturated heterocycles. The molecule has 5 rings (SSSR count). The molecule has 4 aromatic rings. The summed E-state index contributed by atoms with van der Waals surface area (Å²) < 4.78 is 5.85. The molecule has 6 heteroatoms. The molecule has 1 aliphatic rings. The highest BCUT2D eigenvalue weighted by Crippen LogP contribution is 2.42. The van der Waals surface area contributed by atoms with Crippen molar-refractivity contribution in [2.75, 3.05) is 6.61 Å². The zero-order valence-electron chi connectivity index (χ0n) is 21.1. The van der Waals surface area contributed by atoms with Crippen LogP contribution in [0.2, 0.25) is 0 Å². The van der Waals surface area contributed by atoms with Crippen LogP contribution in [0.3, 0.4) is 0 Å². The average Bonchev–Trinajstić information content (AvgIpc) is 2.85. The maximum absolute atomic E-state index is 11.7. The topological polar surface area (TPSA) is 103 Å². The van der Waals surface area contributed by atoms with Crippen molar-refractivity contribution < 1.29 is 19.7 Å². The lowest BCUT2D eigenvalue weighted by atomic mass is 9.86. The van der Waals surface area contributed by atoms with E-state index >= 15 is 0 Å². The Kier molecular flexibility index (Phi) is 6.96. The molecular formula is C30H30N2O4. The Labute approximate surface area is 210 Å². The number of aliphatic hydroxyl groups is 1. The Morgan fingerprint density at radius 2 is 1.94 bits per heavy atom. The monoisotopic (exact) mass is 482 g/mol. The van der Waals surface area contributed by atoms with Crippen LogP contribution in [0.15, 0.2) is 48.7 Å². The highest BCUT2D eigenvalue weighted by atomic mass is 16.5. The molecule has 0 saturated carbocycles. The molecule has 36 heavy (non-hydrogen) atoms. The second-order valence-electron chi connectivity index (χ2n) is 9.73. The van der Waals surface area contributed by atoms with Gasteiger partial charge in [0.05, 0.1) is 35.8 Å². The van der Waals surface area contributed by atoms with Crippen molar-refractivity contribution in [1.82, 2.24) is 4.98 Å². The molecule has 1 aromatic heterocycles. The molecule has 184 valence electrons. The Morgan fingerprint density at radius 1 is 1.19 bits per heavy atom.